The number of nitrogens with one attached hydrogen (secondary N) is 2. The molecule has 1 aliphatic heterocycles. The van der Waals surface area contributed by atoms with Crippen LogP contribution in [0.3, 0.4) is 0 Å². The van der Waals surface area contributed by atoms with Gasteiger partial charge in [-0.1, -0.05) is 11.6 Å². The summed E-state index contributed by atoms with van der Waals surface area (Å²) in [5.41, 5.74) is 1.06. The van der Waals surface area contributed by atoms with Gasteiger partial charge < -0.3 is 25.0 Å². The van der Waals surface area contributed by atoms with Crippen LogP contribution < -0.4 is 15.4 Å². The smallest absolute Gasteiger partial charge is 0.311 e. The number of hydrogen-bond acceptors (Lipinski definition) is 10. The van der Waals surface area contributed by atoms with Crippen molar-refractivity contribution in [3.8, 4) is 17.1 Å². The molecule has 3 aromatic rings. The number of methoxy groups -OCH3 is 1. The lowest BCUT2D eigenvalue weighted by atomic mass is 9.35. The first-order valence-corrected chi connectivity index (χ1v) is 16.0. The van der Waals surface area contributed by atoms with Crippen LogP contribution in [-0.2, 0) is 14.3 Å². The standard InChI is InChI=1S/C33H37ClFN7O4/c1-41-7-9-42(10-8-41)23-11-20(12-23)29(43)38-28-14-22(5-6-36-28)37-27-15-26(24-13-21(34)3-4-25(24)35)39-40-30(27)46-19-32-16-33(17-32,18-32)31(44)45-2/h3-6,13-15,20,23H,7-12,16-19H2,1-2H3,(H2,36,37,38,39,43). The minimum Gasteiger partial charge on any atom is -0.475 e. The minimum atomic E-state index is -0.486. The number of carbonyl (C=O) groups is 2. The van der Waals surface area contributed by atoms with Gasteiger partial charge in [0.2, 0.25) is 5.91 Å². The number of likely N-dealkylation sites (N-methyl/N-ethyl adjacent to an activating group) is 1. The molecule has 8 rings (SSSR count). The van der Waals surface area contributed by atoms with Crippen LogP contribution in [0.1, 0.15) is 32.1 Å². The van der Waals surface area contributed by atoms with Gasteiger partial charge in [0.1, 0.15) is 17.3 Å². The van der Waals surface area contributed by atoms with E-state index < -0.39 is 5.82 Å². The molecule has 3 heterocycles. The highest BCUT2D eigenvalue weighted by Gasteiger charge is 2.72. The van der Waals surface area contributed by atoms with Crippen LogP contribution in [0, 0.1) is 22.6 Å². The number of aromatic nitrogens is 3. The van der Waals surface area contributed by atoms with Gasteiger partial charge in [0, 0.05) is 72.1 Å². The number of esters is 1. The van der Waals surface area contributed by atoms with Gasteiger partial charge in [-0.25, -0.2) is 9.37 Å². The molecule has 11 nitrogen and oxygen atoms in total. The highest BCUT2D eigenvalue weighted by molar-refractivity contribution is 6.30. The first-order valence-electron chi connectivity index (χ1n) is 15.7. The number of ether oxygens (including phenoxy) is 2. The number of piperazine rings is 1. The largest absolute Gasteiger partial charge is 0.475 e. The molecule has 2 N–H and O–H groups in total. The lowest BCUT2D eigenvalue weighted by Gasteiger charge is -2.67. The van der Waals surface area contributed by atoms with Gasteiger partial charge in [-0.2, -0.15) is 0 Å². The summed E-state index contributed by atoms with van der Waals surface area (Å²) in [6, 6.07) is 9.85. The summed E-state index contributed by atoms with van der Waals surface area (Å²) in [5, 5.41) is 15.2. The lowest BCUT2D eigenvalue weighted by Crippen LogP contribution is -2.67. The summed E-state index contributed by atoms with van der Waals surface area (Å²) in [4.78, 5) is 34.4. The van der Waals surface area contributed by atoms with Crippen molar-refractivity contribution in [2.75, 3.05) is 57.6 Å². The fourth-order valence-corrected chi connectivity index (χ4v) is 7.63. The van der Waals surface area contributed by atoms with Crippen molar-refractivity contribution in [1.29, 1.82) is 0 Å². The summed E-state index contributed by atoms with van der Waals surface area (Å²) in [5.74, 6) is -0.0813. The molecule has 13 heteroatoms. The number of carbonyl (C=O) groups excluding carboxylic acids is 2. The van der Waals surface area contributed by atoms with Crippen LogP contribution in [0.25, 0.3) is 11.3 Å². The van der Waals surface area contributed by atoms with Crippen molar-refractivity contribution in [2.45, 2.75) is 38.1 Å². The zero-order valence-corrected chi connectivity index (χ0v) is 26.6. The Balaban J connectivity index is 1.04. The molecule has 1 saturated heterocycles. The van der Waals surface area contributed by atoms with Crippen LogP contribution in [0.5, 0.6) is 5.88 Å². The van der Waals surface area contributed by atoms with Gasteiger partial charge in [-0.3, -0.25) is 14.5 Å². The maximum Gasteiger partial charge on any atom is 0.311 e. The molecule has 2 aromatic heterocycles. The van der Waals surface area contributed by atoms with E-state index in [2.05, 4.69) is 42.7 Å². The Morgan fingerprint density at radius 2 is 1.83 bits per heavy atom. The molecule has 4 aliphatic carbocycles. The summed E-state index contributed by atoms with van der Waals surface area (Å²) >= 11 is 6.15. The summed E-state index contributed by atoms with van der Waals surface area (Å²) < 4.78 is 25.9. The third kappa shape index (κ3) is 5.89. The van der Waals surface area contributed by atoms with E-state index >= 15 is 0 Å². The molecule has 2 bridgehead atoms. The Hall–Kier alpha value is -3.87. The summed E-state index contributed by atoms with van der Waals surface area (Å²) in [7, 11) is 3.55. The Morgan fingerprint density at radius 1 is 1.07 bits per heavy atom. The van der Waals surface area contributed by atoms with E-state index in [1.165, 1.54) is 25.3 Å². The van der Waals surface area contributed by atoms with Crippen LogP contribution in [-0.4, -0.2) is 89.8 Å². The second-order valence-electron chi connectivity index (χ2n) is 13.4. The fourth-order valence-electron chi connectivity index (χ4n) is 7.46. The topological polar surface area (TPSA) is 122 Å². The Bertz CT molecular complexity index is 1640. The monoisotopic (exact) mass is 649 g/mol. The van der Waals surface area contributed by atoms with E-state index in [0.29, 0.717) is 54.1 Å². The van der Waals surface area contributed by atoms with Gasteiger partial charge in [-0.15, -0.1) is 10.2 Å². The van der Waals surface area contributed by atoms with Gasteiger partial charge in [0.05, 0.1) is 24.8 Å². The molecule has 242 valence electrons. The van der Waals surface area contributed by atoms with E-state index in [4.69, 9.17) is 21.1 Å². The third-order valence-corrected chi connectivity index (χ3v) is 10.3. The van der Waals surface area contributed by atoms with Crippen molar-refractivity contribution in [3.05, 3.63) is 53.4 Å². The maximum absolute atomic E-state index is 14.8. The van der Waals surface area contributed by atoms with Crippen LogP contribution in [0.2, 0.25) is 5.02 Å². The molecule has 5 aliphatic rings. The molecule has 4 saturated carbocycles. The SMILES string of the molecule is COC(=O)C12CC(COc3nnc(-c4cc(Cl)ccc4F)cc3Nc3ccnc(NC(=O)C4CC(N5CCN(C)CC5)C4)c3)(C1)C2. The van der Waals surface area contributed by atoms with Crippen molar-refractivity contribution in [1.82, 2.24) is 25.0 Å². The predicted molar refractivity (Wildman–Crippen MR) is 170 cm³/mol. The summed E-state index contributed by atoms with van der Waals surface area (Å²) in [6.45, 7) is 4.56. The van der Waals surface area contributed by atoms with E-state index in [9.17, 15) is 14.0 Å². The second kappa shape index (κ2) is 12.1. The zero-order chi connectivity index (χ0) is 32.1. The highest BCUT2D eigenvalue weighted by Crippen LogP contribution is 2.73. The van der Waals surface area contributed by atoms with Gasteiger partial charge in [0.25, 0.3) is 5.88 Å². The van der Waals surface area contributed by atoms with Crippen molar-refractivity contribution in [3.63, 3.8) is 0 Å². The molecule has 5 fully saturated rings. The highest BCUT2D eigenvalue weighted by atomic mass is 35.5. The molecule has 1 amide bonds. The zero-order valence-electron chi connectivity index (χ0n) is 25.9. The van der Waals surface area contributed by atoms with E-state index in [1.807, 2.05) is 0 Å². The van der Waals surface area contributed by atoms with Gasteiger partial charge in [-0.05, 0) is 69.5 Å². The number of halogens is 2. The van der Waals surface area contributed by atoms with Gasteiger partial charge in [0.15, 0.2) is 0 Å². The average Bonchev–Trinajstić information content (AvgIpc) is 2.98. The van der Waals surface area contributed by atoms with Crippen molar-refractivity contribution in [2.24, 2.45) is 16.7 Å². The Kier molecular flexibility index (Phi) is 8.06. The average molecular weight is 650 g/mol. The normalized spacial score (nSPS) is 27.0. The van der Waals surface area contributed by atoms with Crippen molar-refractivity contribution < 1.29 is 23.5 Å². The molecular weight excluding hydrogens is 613 g/mol. The number of pyridine rings is 1. The first-order chi connectivity index (χ1) is 22.1. The number of benzene rings is 1. The molecule has 0 radical (unpaired) electrons. The first kappa shape index (κ1) is 30.8. The molecule has 0 atom stereocenters. The molecule has 1 aromatic carbocycles. The molecular formula is C33H37ClFN7O4. The quantitative estimate of drug-likeness (QED) is 0.297. The van der Waals surface area contributed by atoms with E-state index in [1.54, 1.807) is 24.4 Å². The predicted octanol–water partition coefficient (Wildman–Crippen LogP) is 4.76. The fraction of sp³-hybridized carbons (Fsp3) is 0.485. The summed E-state index contributed by atoms with van der Waals surface area (Å²) in [6.07, 6.45) is 5.42. The number of nitrogens with zero attached hydrogens (tertiary/aromatic N) is 5. The van der Waals surface area contributed by atoms with E-state index in [0.717, 1.165) is 39.0 Å². The van der Waals surface area contributed by atoms with Crippen LogP contribution >= 0.6 is 11.6 Å². The number of amides is 1. The minimum absolute atomic E-state index is 0.0355. The number of rotatable bonds is 10. The van der Waals surface area contributed by atoms with Crippen LogP contribution in [0.15, 0.2) is 42.6 Å². The maximum atomic E-state index is 14.8. The number of anilines is 3. The number of hydrogen-bond donors (Lipinski definition) is 2. The Morgan fingerprint density at radius 3 is 2.57 bits per heavy atom. The third-order valence-electron chi connectivity index (χ3n) is 10.1. The lowest BCUT2D eigenvalue weighted by molar-refractivity contribution is -0.233. The van der Waals surface area contributed by atoms with Crippen molar-refractivity contribution >= 4 is 40.7 Å². The van der Waals surface area contributed by atoms with E-state index in [-0.39, 0.29) is 45.8 Å². The molecule has 0 spiro atoms. The second-order valence-corrected chi connectivity index (χ2v) is 13.8. The molecule has 0 unspecified atom stereocenters. The molecule has 46 heavy (non-hydrogen) atoms. The Labute approximate surface area is 271 Å². The van der Waals surface area contributed by atoms with Gasteiger partial charge >= 0.3 is 5.97 Å². The van der Waals surface area contributed by atoms with Crippen LogP contribution in [0.4, 0.5) is 21.6 Å².